The summed E-state index contributed by atoms with van der Waals surface area (Å²) in [6, 6.07) is 6.81. The molecule has 1 N–H and O–H groups in total. The van der Waals surface area contributed by atoms with Gasteiger partial charge in [-0.3, -0.25) is 0 Å². The molecule has 102 valence electrons. The lowest BCUT2D eigenvalue weighted by Crippen LogP contribution is -2.25. The topological polar surface area (TPSA) is 21.3 Å². The molecule has 0 saturated heterocycles. The monoisotopic (exact) mass is 313 g/mol. The zero-order valence-electron chi connectivity index (χ0n) is 11.6. The Bertz CT molecular complexity index is 354. The van der Waals surface area contributed by atoms with E-state index in [2.05, 4.69) is 47.2 Å². The van der Waals surface area contributed by atoms with E-state index in [0.717, 1.165) is 16.8 Å². The third-order valence-electron chi connectivity index (χ3n) is 3.11. The zero-order chi connectivity index (χ0) is 13.4. The van der Waals surface area contributed by atoms with Gasteiger partial charge in [0.2, 0.25) is 0 Å². The molecule has 0 spiro atoms. The minimum atomic E-state index is 0.581. The highest BCUT2D eigenvalue weighted by Crippen LogP contribution is 2.25. The second kappa shape index (κ2) is 8.54. The number of ether oxygens (including phenoxy) is 1. The van der Waals surface area contributed by atoms with Crippen LogP contribution < -0.4 is 10.1 Å². The van der Waals surface area contributed by atoms with Gasteiger partial charge < -0.3 is 10.1 Å². The quantitative estimate of drug-likeness (QED) is 0.713. The van der Waals surface area contributed by atoms with Crippen molar-refractivity contribution in [1.29, 1.82) is 0 Å². The number of hydrogen-bond donors (Lipinski definition) is 1. The first-order valence-electron chi connectivity index (χ1n) is 6.73. The molecule has 1 aromatic rings. The van der Waals surface area contributed by atoms with Gasteiger partial charge in [-0.05, 0) is 47.0 Å². The van der Waals surface area contributed by atoms with Crippen LogP contribution in [0.2, 0.25) is 0 Å². The zero-order valence-corrected chi connectivity index (χ0v) is 13.2. The Morgan fingerprint density at radius 3 is 2.72 bits per heavy atom. The molecule has 0 aliphatic carbocycles. The fourth-order valence-corrected chi connectivity index (χ4v) is 2.50. The summed E-state index contributed by atoms with van der Waals surface area (Å²) in [6.45, 7) is 5.41. The number of methoxy groups -OCH3 is 1. The van der Waals surface area contributed by atoms with Gasteiger partial charge in [-0.2, -0.15) is 0 Å². The van der Waals surface area contributed by atoms with Crippen LogP contribution >= 0.6 is 15.9 Å². The second-order valence-electron chi connectivity index (χ2n) is 4.75. The molecule has 18 heavy (non-hydrogen) atoms. The van der Waals surface area contributed by atoms with E-state index < -0.39 is 0 Å². The molecule has 0 radical (unpaired) electrons. The predicted octanol–water partition coefficient (Wildman–Crippen LogP) is 4.52. The Morgan fingerprint density at radius 2 is 2.11 bits per heavy atom. The molecule has 1 unspecified atom stereocenters. The Morgan fingerprint density at radius 1 is 1.33 bits per heavy atom. The van der Waals surface area contributed by atoms with Gasteiger partial charge in [-0.1, -0.05) is 32.3 Å². The van der Waals surface area contributed by atoms with E-state index in [1.807, 2.05) is 6.07 Å². The Labute approximate surface area is 119 Å². The molecule has 0 aliphatic heterocycles. The number of hydrogen-bond acceptors (Lipinski definition) is 2. The van der Waals surface area contributed by atoms with Crippen molar-refractivity contribution in [2.24, 2.45) is 0 Å². The number of halogens is 1. The fraction of sp³-hybridized carbons (Fsp3) is 0.600. The highest BCUT2D eigenvalue weighted by Gasteiger charge is 2.04. The second-order valence-corrected chi connectivity index (χ2v) is 5.60. The summed E-state index contributed by atoms with van der Waals surface area (Å²) in [7, 11) is 1.69. The minimum absolute atomic E-state index is 0.581. The smallest absolute Gasteiger partial charge is 0.133 e. The highest BCUT2D eigenvalue weighted by atomic mass is 79.9. The van der Waals surface area contributed by atoms with E-state index in [1.165, 1.54) is 31.2 Å². The molecule has 0 fully saturated rings. The van der Waals surface area contributed by atoms with Crippen LogP contribution in [0.3, 0.4) is 0 Å². The molecule has 3 heteroatoms. The van der Waals surface area contributed by atoms with Gasteiger partial charge in [0, 0.05) is 12.6 Å². The molecule has 2 nitrogen and oxygen atoms in total. The largest absolute Gasteiger partial charge is 0.496 e. The summed E-state index contributed by atoms with van der Waals surface area (Å²) in [5, 5.41) is 3.56. The molecule has 0 aromatic heterocycles. The Hall–Kier alpha value is -0.540. The third kappa shape index (κ3) is 5.40. The average molecular weight is 314 g/mol. The number of nitrogens with one attached hydrogen (secondary N) is 1. The summed E-state index contributed by atoms with van der Waals surface area (Å²) >= 11 is 3.51. The predicted molar refractivity (Wildman–Crippen MR) is 81.1 cm³/mol. The third-order valence-corrected chi connectivity index (χ3v) is 3.73. The van der Waals surface area contributed by atoms with Crippen LogP contribution in [0, 0.1) is 0 Å². The van der Waals surface area contributed by atoms with E-state index >= 15 is 0 Å². The van der Waals surface area contributed by atoms with Crippen LogP contribution in [0.15, 0.2) is 22.7 Å². The number of rotatable bonds is 8. The Kier molecular flexibility index (Phi) is 7.36. The average Bonchev–Trinajstić information content (AvgIpc) is 2.37. The van der Waals surface area contributed by atoms with Gasteiger partial charge in [-0.25, -0.2) is 0 Å². The molecule has 0 amide bonds. The summed E-state index contributed by atoms with van der Waals surface area (Å²) in [6.07, 6.45) is 5.19. The maximum absolute atomic E-state index is 5.22. The van der Waals surface area contributed by atoms with Gasteiger partial charge in [-0.15, -0.1) is 0 Å². The molecule has 0 saturated carbocycles. The van der Waals surface area contributed by atoms with Crippen molar-refractivity contribution < 1.29 is 4.74 Å². The summed E-state index contributed by atoms with van der Waals surface area (Å²) in [5.74, 6) is 0.884. The highest BCUT2D eigenvalue weighted by molar-refractivity contribution is 9.10. The molecule has 1 rings (SSSR count). The van der Waals surface area contributed by atoms with E-state index in [9.17, 15) is 0 Å². The molecule has 1 aromatic carbocycles. The van der Waals surface area contributed by atoms with Crippen LogP contribution in [-0.2, 0) is 6.54 Å². The molecule has 0 bridgehead atoms. The molecule has 1 atom stereocenters. The van der Waals surface area contributed by atoms with Crippen LogP contribution in [0.4, 0.5) is 0 Å². The van der Waals surface area contributed by atoms with E-state index in [4.69, 9.17) is 4.74 Å². The molecular formula is C15H24BrNO. The minimum Gasteiger partial charge on any atom is -0.496 e. The summed E-state index contributed by atoms with van der Waals surface area (Å²) < 4.78 is 6.24. The SMILES string of the molecule is CCCCCC(C)NCc1ccc(OC)c(Br)c1. The Balaban J connectivity index is 2.36. The van der Waals surface area contributed by atoms with Crippen molar-refractivity contribution in [3.05, 3.63) is 28.2 Å². The van der Waals surface area contributed by atoms with Crippen LogP contribution in [0.1, 0.15) is 45.1 Å². The molecule has 0 heterocycles. The van der Waals surface area contributed by atoms with Crippen molar-refractivity contribution in [2.75, 3.05) is 7.11 Å². The standard InChI is InChI=1S/C15H24BrNO/c1-4-5-6-7-12(2)17-11-13-8-9-15(18-3)14(16)10-13/h8-10,12,17H,4-7,11H2,1-3H3. The summed E-state index contributed by atoms with van der Waals surface area (Å²) in [4.78, 5) is 0. The molecule has 0 aliphatic rings. The van der Waals surface area contributed by atoms with Crippen molar-refractivity contribution >= 4 is 15.9 Å². The maximum atomic E-state index is 5.22. The van der Waals surface area contributed by atoms with Gasteiger partial charge in [0.1, 0.15) is 5.75 Å². The van der Waals surface area contributed by atoms with Crippen molar-refractivity contribution in [1.82, 2.24) is 5.32 Å². The summed E-state index contributed by atoms with van der Waals surface area (Å²) in [5.41, 5.74) is 1.28. The van der Waals surface area contributed by atoms with Gasteiger partial charge in [0.15, 0.2) is 0 Å². The van der Waals surface area contributed by atoms with Crippen LogP contribution in [-0.4, -0.2) is 13.2 Å². The van der Waals surface area contributed by atoms with E-state index in [0.29, 0.717) is 6.04 Å². The van der Waals surface area contributed by atoms with Gasteiger partial charge >= 0.3 is 0 Å². The fourth-order valence-electron chi connectivity index (χ4n) is 1.91. The van der Waals surface area contributed by atoms with Gasteiger partial charge in [0.25, 0.3) is 0 Å². The van der Waals surface area contributed by atoms with Gasteiger partial charge in [0.05, 0.1) is 11.6 Å². The lowest BCUT2D eigenvalue weighted by Gasteiger charge is -2.14. The van der Waals surface area contributed by atoms with Crippen LogP contribution in [0.25, 0.3) is 0 Å². The van der Waals surface area contributed by atoms with Crippen molar-refractivity contribution in [3.63, 3.8) is 0 Å². The van der Waals surface area contributed by atoms with E-state index in [1.54, 1.807) is 7.11 Å². The first-order chi connectivity index (χ1) is 8.67. The first-order valence-corrected chi connectivity index (χ1v) is 7.52. The normalized spacial score (nSPS) is 12.4. The van der Waals surface area contributed by atoms with Crippen LogP contribution in [0.5, 0.6) is 5.75 Å². The lowest BCUT2D eigenvalue weighted by molar-refractivity contribution is 0.411. The lowest BCUT2D eigenvalue weighted by atomic mass is 10.1. The molecular weight excluding hydrogens is 290 g/mol. The first kappa shape index (κ1) is 15.5. The number of unbranched alkanes of at least 4 members (excludes halogenated alkanes) is 2. The maximum Gasteiger partial charge on any atom is 0.133 e. The van der Waals surface area contributed by atoms with E-state index in [-0.39, 0.29) is 0 Å². The van der Waals surface area contributed by atoms with Crippen molar-refractivity contribution in [3.8, 4) is 5.75 Å². The number of benzene rings is 1. The van der Waals surface area contributed by atoms with Crippen molar-refractivity contribution in [2.45, 2.75) is 52.1 Å².